The van der Waals surface area contributed by atoms with Crippen LogP contribution in [-0.4, -0.2) is 21.3 Å². The number of rotatable bonds is 6. The van der Waals surface area contributed by atoms with Crippen molar-refractivity contribution in [3.05, 3.63) is 47.5 Å². The standard InChI is InChI=1S/C17H19F2NO3/c1-10(16-12(18)6-5-7-13(16)19)20-11-8-14(21-2)17(23-4)15(9-11)22-3/h5-10,20H,1-4H3. The summed E-state index contributed by atoms with van der Waals surface area (Å²) in [5.74, 6) is 0.159. The predicted octanol–water partition coefficient (Wildman–Crippen LogP) is 4.16. The van der Waals surface area contributed by atoms with Gasteiger partial charge in [0.2, 0.25) is 5.75 Å². The first-order valence-electron chi connectivity index (χ1n) is 7.02. The maximum Gasteiger partial charge on any atom is 0.203 e. The summed E-state index contributed by atoms with van der Waals surface area (Å²) in [6, 6.07) is 6.56. The van der Waals surface area contributed by atoms with Gasteiger partial charge in [-0.25, -0.2) is 8.78 Å². The lowest BCUT2D eigenvalue weighted by atomic mass is 10.1. The van der Waals surface area contributed by atoms with Gasteiger partial charge in [0, 0.05) is 23.4 Å². The number of halogens is 2. The Bertz CT molecular complexity index is 646. The maximum absolute atomic E-state index is 13.9. The topological polar surface area (TPSA) is 39.7 Å². The van der Waals surface area contributed by atoms with Crippen LogP contribution in [0.3, 0.4) is 0 Å². The monoisotopic (exact) mass is 323 g/mol. The van der Waals surface area contributed by atoms with Crippen molar-refractivity contribution >= 4 is 5.69 Å². The van der Waals surface area contributed by atoms with Crippen LogP contribution in [0.4, 0.5) is 14.5 Å². The molecule has 124 valence electrons. The van der Waals surface area contributed by atoms with Crippen LogP contribution in [0.25, 0.3) is 0 Å². The summed E-state index contributed by atoms with van der Waals surface area (Å²) in [7, 11) is 4.51. The summed E-state index contributed by atoms with van der Waals surface area (Å²) < 4.78 is 43.5. The minimum Gasteiger partial charge on any atom is -0.493 e. The lowest BCUT2D eigenvalue weighted by Crippen LogP contribution is -2.11. The van der Waals surface area contributed by atoms with Crippen molar-refractivity contribution in [3.8, 4) is 17.2 Å². The maximum atomic E-state index is 13.9. The summed E-state index contributed by atoms with van der Waals surface area (Å²) >= 11 is 0. The predicted molar refractivity (Wildman–Crippen MR) is 84.5 cm³/mol. The van der Waals surface area contributed by atoms with Crippen molar-refractivity contribution in [2.75, 3.05) is 26.6 Å². The van der Waals surface area contributed by atoms with Crippen LogP contribution < -0.4 is 19.5 Å². The smallest absolute Gasteiger partial charge is 0.203 e. The fourth-order valence-corrected chi connectivity index (χ4v) is 2.41. The van der Waals surface area contributed by atoms with E-state index in [1.165, 1.54) is 39.5 Å². The highest BCUT2D eigenvalue weighted by Crippen LogP contribution is 2.40. The van der Waals surface area contributed by atoms with Crippen molar-refractivity contribution in [2.24, 2.45) is 0 Å². The van der Waals surface area contributed by atoms with Gasteiger partial charge >= 0.3 is 0 Å². The molecule has 1 unspecified atom stereocenters. The molecule has 2 aromatic carbocycles. The highest BCUT2D eigenvalue weighted by atomic mass is 19.1. The molecule has 2 rings (SSSR count). The lowest BCUT2D eigenvalue weighted by molar-refractivity contribution is 0.324. The molecule has 0 aliphatic heterocycles. The van der Waals surface area contributed by atoms with Crippen molar-refractivity contribution in [2.45, 2.75) is 13.0 Å². The van der Waals surface area contributed by atoms with Gasteiger partial charge < -0.3 is 19.5 Å². The SMILES string of the molecule is COc1cc(NC(C)c2c(F)cccc2F)cc(OC)c1OC. The molecule has 6 heteroatoms. The van der Waals surface area contributed by atoms with Gasteiger partial charge in [-0.05, 0) is 19.1 Å². The van der Waals surface area contributed by atoms with Gasteiger partial charge in [-0.15, -0.1) is 0 Å². The molecule has 0 amide bonds. The molecule has 4 nitrogen and oxygen atoms in total. The zero-order chi connectivity index (χ0) is 17.0. The second kappa shape index (κ2) is 7.17. The van der Waals surface area contributed by atoms with Gasteiger partial charge in [0.15, 0.2) is 11.5 Å². The highest BCUT2D eigenvalue weighted by Gasteiger charge is 2.18. The molecule has 0 aliphatic carbocycles. The largest absolute Gasteiger partial charge is 0.493 e. The van der Waals surface area contributed by atoms with Crippen LogP contribution in [0, 0.1) is 11.6 Å². The van der Waals surface area contributed by atoms with Gasteiger partial charge in [0.05, 0.1) is 27.4 Å². The molecule has 2 aromatic rings. The third-order valence-corrected chi connectivity index (χ3v) is 3.48. The molecular formula is C17H19F2NO3. The molecule has 0 spiro atoms. The molecule has 1 atom stereocenters. The number of ether oxygens (including phenoxy) is 3. The summed E-state index contributed by atoms with van der Waals surface area (Å²) in [5.41, 5.74) is 0.566. The Morgan fingerprint density at radius 1 is 0.913 bits per heavy atom. The Kier molecular flexibility index (Phi) is 5.26. The lowest BCUT2D eigenvalue weighted by Gasteiger charge is -2.19. The normalized spacial score (nSPS) is 11.7. The first-order chi connectivity index (χ1) is 11.0. The first kappa shape index (κ1) is 16.9. The first-order valence-corrected chi connectivity index (χ1v) is 7.02. The van der Waals surface area contributed by atoms with E-state index in [9.17, 15) is 8.78 Å². The number of anilines is 1. The molecule has 23 heavy (non-hydrogen) atoms. The Morgan fingerprint density at radius 2 is 1.43 bits per heavy atom. The molecule has 0 radical (unpaired) electrons. The van der Waals surface area contributed by atoms with Crippen LogP contribution in [0.5, 0.6) is 17.2 Å². The van der Waals surface area contributed by atoms with Crippen molar-refractivity contribution in [3.63, 3.8) is 0 Å². The summed E-state index contributed by atoms with van der Waals surface area (Å²) in [6.07, 6.45) is 0. The van der Waals surface area contributed by atoms with Crippen LogP contribution in [-0.2, 0) is 0 Å². The second-order valence-corrected chi connectivity index (χ2v) is 4.92. The number of benzene rings is 2. The van der Waals surface area contributed by atoms with E-state index < -0.39 is 17.7 Å². The van der Waals surface area contributed by atoms with Gasteiger partial charge in [0.25, 0.3) is 0 Å². The zero-order valence-corrected chi connectivity index (χ0v) is 13.4. The van der Waals surface area contributed by atoms with Crippen LogP contribution >= 0.6 is 0 Å². The number of nitrogens with one attached hydrogen (secondary N) is 1. The van der Waals surface area contributed by atoms with Crippen molar-refractivity contribution in [1.82, 2.24) is 0 Å². The van der Waals surface area contributed by atoms with E-state index in [-0.39, 0.29) is 5.56 Å². The quantitative estimate of drug-likeness (QED) is 0.866. The molecule has 0 saturated carbocycles. The van der Waals surface area contributed by atoms with E-state index in [1.54, 1.807) is 19.1 Å². The summed E-state index contributed by atoms with van der Waals surface area (Å²) in [6.45, 7) is 1.67. The molecule has 0 fully saturated rings. The van der Waals surface area contributed by atoms with Crippen LogP contribution in [0.2, 0.25) is 0 Å². The van der Waals surface area contributed by atoms with E-state index in [2.05, 4.69) is 5.32 Å². The fourth-order valence-electron chi connectivity index (χ4n) is 2.41. The molecule has 0 saturated heterocycles. The third kappa shape index (κ3) is 3.47. The third-order valence-electron chi connectivity index (χ3n) is 3.48. The van der Waals surface area contributed by atoms with E-state index in [0.29, 0.717) is 22.9 Å². The highest BCUT2D eigenvalue weighted by molar-refractivity contribution is 5.63. The van der Waals surface area contributed by atoms with Crippen LogP contribution in [0.1, 0.15) is 18.5 Å². The van der Waals surface area contributed by atoms with Crippen LogP contribution in [0.15, 0.2) is 30.3 Å². The van der Waals surface area contributed by atoms with E-state index in [4.69, 9.17) is 14.2 Å². The van der Waals surface area contributed by atoms with Gasteiger partial charge in [-0.1, -0.05) is 6.07 Å². The number of hydrogen-bond acceptors (Lipinski definition) is 4. The minimum atomic E-state index is -0.600. The number of methoxy groups -OCH3 is 3. The van der Waals surface area contributed by atoms with Gasteiger partial charge in [-0.3, -0.25) is 0 Å². The van der Waals surface area contributed by atoms with Gasteiger partial charge in [-0.2, -0.15) is 0 Å². The average Bonchev–Trinajstić information content (AvgIpc) is 2.53. The molecule has 0 aromatic heterocycles. The summed E-state index contributed by atoms with van der Waals surface area (Å²) in [5, 5.41) is 3.05. The van der Waals surface area contributed by atoms with E-state index >= 15 is 0 Å². The van der Waals surface area contributed by atoms with Crippen molar-refractivity contribution < 1.29 is 23.0 Å². The molecule has 0 bridgehead atoms. The average molecular weight is 323 g/mol. The van der Waals surface area contributed by atoms with Crippen molar-refractivity contribution in [1.29, 1.82) is 0 Å². The summed E-state index contributed by atoms with van der Waals surface area (Å²) in [4.78, 5) is 0. The Labute approximate surface area is 134 Å². The van der Waals surface area contributed by atoms with E-state index in [1.807, 2.05) is 0 Å². The van der Waals surface area contributed by atoms with E-state index in [0.717, 1.165) is 0 Å². The molecule has 1 N–H and O–H groups in total. The number of hydrogen-bond donors (Lipinski definition) is 1. The zero-order valence-electron chi connectivity index (χ0n) is 13.4. The second-order valence-electron chi connectivity index (χ2n) is 4.92. The molecular weight excluding hydrogens is 304 g/mol. The fraction of sp³-hybridized carbons (Fsp3) is 0.294. The van der Waals surface area contributed by atoms with Gasteiger partial charge in [0.1, 0.15) is 11.6 Å². The molecule has 0 heterocycles. The molecule has 0 aliphatic rings. The minimum absolute atomic E-state index is 0.0266. The Morgan fingerprint density at radius 3 is 1.87 bits per heavy atom. The Balaban J connectivity index is 2.36. The Hall–Kier alpha value is -2.50.